The largest absolute Gasteiger partial charge is 0.396 e. The Balaban J connectivity index is 2.07. The van der Waals surface area contributed by atoms with Crippen LogP contribution >= 0.6 is 0 Å². The number of imidazole rings is 1. The molecule has 7 nitrogen and oxygen atoms in total. The molecule has 0 spiro atoms. The average Bonchev–Trinajstić information content (AvgIpc) is 2.79. The summed E-state index contributed by atoms with van der Waals surface area (Å²) in [6.45, 7) is 4.02. The van der Waals surface area contributed by atoms with Crippen molar-refractivity contribution in [3.63, 3.8) is 0 Å². The fraction of sp³-hybridized carbons (Fsp3) is 0.500. The van der Waals surface area contributed by atoms with Gasteiger partial charge in [0, 0.05) is 20.1 Å². The SMILES string of the molecule is Cn1c(=O)n(C2CCC(=O)NC2=O)c2ccc(CC(C)(C)CO)cc21. The maximum absolute atomic E-state index is 12.7. The van der Waals surface area contributed by atoms with Crippen molar-refractivity contribution < 1.29 is 14.7 Å². The molecule has 134 valence electrons. The fourth-order valence-corrected chi connectivity index (χ4v) is 3.36. The number of hydrogen-bond donors (Lipinski definition) is 2. The molecule has 0 aliphatic carbocycles. The van der Waals surface area contributed by atoms with Crippen LogP contribution in [0.4, 0.5) is 0 Å². The van der Waals surface area contributed by atoms with Crippen LogP contribution < -0.4 is 11.0 Å². The van der Waals surface area contributed by atoms with Gasteiger partial charge in [-0.1, -0.05) is 19.9 Å². The first-order chi connectivity index (χ1) is 11.7. The second-order valence-corrected chi connectivity index (χ2v) is 7.50. The van der Waals surface area contributed by atoms with E-state index in [0.717, 1.165) is 11.1 Å². The minimum atomic E-state index is -0.673. The summed E-state index contributed by atoms with van der Waals surface area (Å²) in [5, 5.41) is 11.8. The quantitative estimate of drug-likeness (QED) is 0.805. The van der Waals surface area contributed by atoms with Gasteiger partial charge in [0.1, 0.15) is 6.04 Å². The molecule has 2 N–H and O–H groups in total. The van der Waals surface area contributed by atoms with E-state index in [9.17, 15) is 19.5 Å². The monoisotopic (exact) mass is 345 g/mol. The molecule has 2 amide bonds. The van der Waals surface area contributed by atoms with Gasteiger partial charge in [-0.3, -0.25) is 24.0 Å². The third-order valence-electron chi connectivity index (χ3n) is 4.79. The van der Waals surface area contributed by atoms with Crippen molar-refractivity contribution in [1.29, 1.82) is 0 Å². The molecule has 3 rings (SSSR count). The van der Waals surface area contributed by atoms with Crippen molar-refractivity contribution in [2.45, 2.75) is 39.2 Å². The summed E-state index contributed by atoms with van der Waals surface area (Å²) in [7, 11) is 1.67. The molecule has 2 aromatic rings. The Morgan fingerprint density at radius 2 is 1.96 bits per heavy atom. The van der Waals surface area contributed by atoms with E-state index in [1.807, 2.05) is 32.0 Å². The zero-order valence-corrected chi connectivity index (χ0v) is 14.7. The van der Waals surface area contributed by atoms with Crippen LogP contribution in [0.15, 0.2) is 23.0 Å². The number of piperidine rings is 1. The summed E-state index contributed by atoms with van der Waals surface area (Å²) in [5.41, 5.74) is 1.90. The summed E-state index contributed by atoms with van der Waals surface area (Å²) in [6, 6.07) is 5.01. The predicted octanol–water partition coefficient (Wildman–Crippen LogP) is 0.879. The molecule has 1 aromatic carbocycles. The number of aromatic nitrogens is 2. The van der Waals surface area contributed by atoms with Crippen LogP contribution in [0.5, 0.6) is 0 Å². The number of aryl methyl sites for hydroxylation is 1. The molecular weight excluding hydrogens is 322 g/mol. The number of imide groups is 1. The van der Waals surface area contributed by atoms with Crippen molar-refractivity contribution in [2.24, 2.45) is 12.5 Å². The summed E-state index contributed by atoms with van der Waals surface area (Å²) >= 11 is 0. The van der Waals surface area contributed by atoms with E-state index in [1.54, 1.807) is 7.05 Å². The predicted molar refractivity (Wildman–Crippen MR) is 93.2 cm³/mol. The first-order valence-electron chi connectivity index (χ1n) is 8.38. The molecular formula is C18H23N3O4. The molecule has 0 radical (unpaired) electrons. The average molecular weight is 345 g/mol. The number of rotatable bonds is 4. The van der Waals surface area contributed by atoms with Crippen molar-refractivity contribution in [3.05, 3.63) is 34.2 Å². The number of carbonyl (C=O) groups excluding carboxylic acids is 2. The van der Waals surface area contributed by atoms with Crippen molar-refractivity contribution in [3.8, 4) is 0 Å². The van der Waals surface area contributed by atoms with Crippen LogP contribution in [-0.4, -0.2) is 32.7 Å². The fourth-order valence-electron chi connectivity index (χ4n) is 3.36. The number of amides is 2. The molecule has 1 fully saturated rings. The van der Waals surface area contributed by atoms with E-state index < -0.39 is 11.9 Å². The van der Waals surface area contributed by atoms with Crippen LogP contribution in [-0.2, 0) is 23.1 Å². The molecule has 1 atom stereocenters. The van der Waals surface area contributed by atoms with Crippen molar-refractivity contribution in [2.75, 3.05) is 6.61 Å². The maximum Gasteiger partial charge on any atom is 0.329 e. The van der Waals surface area contributed by atoms with Gasteiger partial charge in [0.2, 0.25) is 11.8 Å². The highest BCUT2D eigenvalue weighted by atomic mass is 16.3. The Labute approximate surface area is 145 Å². The van der Waals surface area contributed by atoms with Crippen molar-refractivity contribution in [1.82, 2.24) is 14.5 Å². The standard InChI is InChI=1S/C18H23N3O4/c1-18(2,10-22)9-11-4-5-12-14(8-11)20(3)17(25)21(12)13-6-7-15(23)19-16(13)24/h4-5,8,13,22H,6-7,9-10H2,1-3H3,(H,19,23,24). The summed E-state index contributed by atoms with van der Waals surface area (Å²) in [6.07, 6.45) is 1.22. The van der Waals surface area contributed by atoms with E-state index in [4.69, 9.17) is 0 Å². The Kier molecular flexibility index (Phi) is 4.28. The van der Waals surface area contributed by atoms with Gasteiger partial charge in [0.05, 0.1) is 11.0 Å². The van der Waals surface area contributed by atoms with E-state index in [-0.39, 0.29) is 30.0 Å². The molecule has 25 heavy (non-hydrogen) atoms. The maximum atomic E-state index is 12.7. The first kappa shape index (κ1) is 17.4. The number of benzene rings is 1. The number of fused-ring (bicyclic) bond motifs is 1. The lowest BCUT2D eigenvalue weighted by molar-refractivity contribution is -0.135. The lowest BCUT2D eigenvalue weighted by Gasteiger charge is -2.22. The molecule has 2 heterocycles. The number of aliphatic hydroxyl groups is 1. The number of hydrogen-bond acceptors (Lipinski definition) is 4. The molecule has 1 unspecified atom stereocenters. The highest BCUT2D eigenvalue weighted by Crippen LogP contribution is 2.26. The van der Waals surface area contributed by atoms with E-state index in [0.29, 0.717) is 18.4 Å². The van der Waals surface area contributed by atoms with E-state index >= 15 is 0 Å². The third kappa shape index (κ3) is 3.11. The second kappa shape index (κ2) is 6.15. The minimum Gasteiger partial charge on any atom is -0.396 e. The highest BCUT2D eigenvalue weighted by Gasteiger charge is 2.31. The number of carbonyl (C=O) groups is 2. The molecule has 1 aliphatic rings. The van der Waals surface area contributed by atoms with Gasteiger partial charge in [-0.2, -0.15) is 0 Å². The topological polar surface area (TPSA) is 93.3 Å². The Hall–Kier alpha value is -2.41. The van der Waals surface area contributed by atoms with Gasteiger partial charge in [0.25, 0.3) is 0 Å². The van der Waals surface area contributed by atoms with Crippen LogP contribution in [0, 0.1) is 5.41 Å². The smallest absolute Gasteiger partial charge is 0.329 e. The normalized spacial score (nSPS) is 18.6. The van der Waals surface area contributed by atoms with Crippen LogP contribution in [0.25, 0.3) is 11.0 Å². The van der Waals surface area contributed by atoms with Gasteiger partial charge in [-0.25, -0.2) is 4.79 Å². The minimum absolute atomic E-state index is 0.0707. The van der Waals surface area contributed by atoms with Crippen molar-refractivity contribution >= 4 is 22.8 Å². The van der Waals surface area contributed by atoms with Crippen LogP contribution in [0.2, 0.25) is 0 Å². The summed E-state index contributed by atoms with van der Waals surface area (Å²) in [5.74, 6) is -0.737. The number of nitrogens with one attached hydrogen (secondary N) is 1. The summed E-state index contributed by atoms with van der Waals surface area (Å²) < 4.78 is 2.99. The lowest BCUT2D eigenvalue weighted by atomic mass is 9.86. The van der Waals surface area contributed by atoms with Gasteiger partial charge in [-0.15, -0.1) is 0 Å². The summed E-state index contributed by atoms with van der Waals surface area (Å²) in [4.78, 5) is 36.2. The molecule has 1 aromatic heterocycles. The molecule has 0 bridgehead atoms. The first-order valence-corrected chi connectivity index (χ1v) is 8.38. The van der Waals surface area contributed by atoms with E-state index in [2.05, 4.69) is 5.32 Å². The zero-order chi connectivity index (χ0) is 18.4. The molecule has 0 saturated carbocycles. The molecule has 1 aliphatic heterocycles. The van der Waals surface area contributed by atoms with Gasteiger partial charge in [0.15, 0.2) is 0 Å². The molecule has 7 heteroatoms. The third-order valence-corrected chi connectivity index (χ3v) is 4.79. The zero-order valence-electron chi connectivity index (χ0n) is 14.7. The Morgan fingerprint density at radius 1 is 1.24 bits per heavy atom. The number of aliphatic hydroxyl groups excluding tert-OH is 1. The van der Waals surface area contributed by atoms with Crippen LogP contribution in [0.1, 0.15) is 38.3 Å². The lowest BCUT2D eigenvalue weighted by Crippen LogP contribution is -2.44. The van der Waals surface area contributed by atoms with Crippen LogP contribution in [0.3, 0.4) is 0 Å². The van der Waals surface area contributed by atoms with Gasteiger partial charge in [-0.05, 0) is 36.0 Å². The molecule has 1 saturated heterocycles. The number of nitrogens with zero attached hydrogens (tertiary/aromatic N) is 2. The second-order valence-electron chi connectivity index (χ2n) is 7.50. The van der Waals surface area contributed by atoms with Gasteiger partial charge < -0.3 is 5.11 Å². The Bertz CT molecular complexity index is 907. The Morgan fingerprint density at radius 3 is 2.60 bits per heavy atom. The van der Waals surface area contributed by atoms with E-state index in [1.165, 1.54) is 9.13 Å². The highest BCUT2D eigenvalue weighted by molar-refractivity contribution is 6.00. The van der Waals surface area contributed by atoms with Gasteiger partial charge >= 0.3 is 5.69 Å².